The van der Waals surface area contributed by atoms with Gasteiger partial charge in [-0.15, -0.1) is 6.58 Å². The monoisotopic (exact) mass is 335 g/mol. The van der Waals surface area contributed by atoms with Gasteiger partial charge in [-0.05, 0) is 30.0 Å². The quantitative estimate of drug-likeness (QED) is 0.502. The second-order valence-electron chi connectivity index (χ2n) is 6.07. The molecule has 0 unspecified atom stereocenters. The highest BCUT2D eigenvalue weighted by Gasteiger charge is 2.04. The van der Waals surface area contributed by atoms with Crippen molar-refractivity contribution in [2.75, 3.05) is 7.11 Å². The zero-order valence-corrected chi connectivity index (χ0v) is 15.6. The highest BCUT2D eigenvalue weighted by atomic mass is 16.5. The van der Waals surface area contributed by atoms with Gasteiger partial charge in [-0.25, -0.2) is 0 Å². The number of carbonyl (C=O) groups excluding carboxylic acids is 1. The van der Waals surface area contributed by atoms with Gasteiger partial charge in [0.25, 0.3) is 0 Å². The number of ether oxygens (including phenoxy) is 1. The molecule has 0 fully saturated rings. The number of allylic oxidation sites excluding steroid dienone is 1. The molecule has 4 nitrogen and oxygen atoms in total. The van der Waals surface area contributed by atoms with Crippen LogP contribution in [0.1, 0.15) is 58.4 Å². The Bertz CT molecular complexity index is 484. The number of hydrogen-bond acceptors (Lipinski definition) is 3. The first kappa shape index (κ1) is 22.0. The molecule has 1 aromatic rings. The smallest absolute Gasteiger partial charge is 0.220 e. The van der Waals surface area contributed by atoms with Crippen LogP contribution in [0.2, 0.25) is 0 Å². The van der Waals surface area contributed by atoms with E-state index >= 15 is 0 Å². The number of benzene rings is 1. The zero-order chi connectivity index (χ0) is 18.4. The molecular weight excluding hydrogens is 302 g/mol. The van der Waals surface area contributed by atoms with Crippen LogP contribution in [0.5, 0.6) is 11.5 Å². The molecule has 0 heterocycles. The average Bonchev–Trinajstić information content (AvgIpc) is 2.58. The van der Waals surface area contributed by atoms with Crippen LogP contribution >= 0.6 is 0 Å². The summed E-state index contributed by atoms with van der Waals surface area (Å²) in [5, 5.41) is 12.3. The molecule has 0 bridgehead atoms. The largest absolute Gasteiger partial charge is 0.504 e. The van der Waals surface area contributed by atoms with E-state index in [9.17, 15) is 9.90 Å². The molecule has 24 heavy (non-hydrogen) atoms. The zero-order valence-electron chi connectivity index (χ0n) is 15.6. The van der Waals surface area contributed by atoms with Crippen molar-refractivity contribution in [1.82, 2.24) is 5.32 Å². The summed E-state index contributed by atoms with van der Waals surface area (Å²) in [4.78, 5) is 11.6. The van der Waals surface area contributed by atoms with Crippen LogP contribution in [0, 0.1) is 5.92 Å². The summed E-state index contributed by atoms with van der Waals surface area (Å²) in [5.41, 5.74) is 0.913. The minimum Gasteiger partial charge on any atom is -0.504 e. The van der Waals surface area contributed by atoms with Gasteiger partial charge in [0, 0.05) is 13.0 Å². The first-order chi connectivity index (χ1) is 11.4. The molecule has 4 heteroatoms. The molecule has 0 aromatic heterocycles. The minimum atomic E-state index is 0.0724. The third-order valence-corrected chi connectivity index (χ3v) is 3.46. The molecule has 2 N–H and O–H groups in total. The van der Waals surface area contributed by atoms with Gasteiger partial charge in [-0.3, -0.25) is 4.79 Å². The molecule has 0 atom stereocenters. The van der Waals surface area contributed by atoms with Crippen LogP contribution in [-0.2, 0) is 11.3 Å². The Hall–Kier alpha value is -1.97. The van der Waals surface area contributed by atoms with Gasteiger partial charge in [0.05, 0.1) is 7.11 Å². The lowest BCUT2D eigenvalue weighted by molar-refractivity contribution is -0.121. The Balaban J connectivity index is 0.000000922. The van der Waals surface area contributed by atoms with E-state index in [0.717, 1.165) is 18.4 Å². The second-order valence-corrected chi connectivity index (χ2v) is 6.07. The SMILES string of the molecule is C=CC(C)C.CCCCCCC(=O)NCc1ccc(O)c(OC)c1. The lowest BCUT2D eigenvalue weighted by atomic mass is 10.1. The van der Waals surface area contributed by atoms with Gasteiger partial charge in [0.15, 0.2) is 11.5 Å². The predicted molar refractivity (Wildman–Crippen MR) is 100 cm³/mol. The maximum Gasteiger partial charge on any atom is 0.220 e. The van der Waals surface area contributed by atoms with Crippen molar-refractivity contribution in [3.63, 3.8) is 0 Å². The number of methoxy groups -OCH3 is 1. The predicted octanol–water partition coefficient (Wildman–Crippen LogP) is 4.82. The summed E-state index contributed by atoms with van der Waals surface area (Å²) in [5.74, 6) is 1.25. The lowest BCUT2D eigenvalue weighted by Gasteiger charge is -2.08. The maximum absolute atomic E-state index is 11.6. The first-order valence-corrected chi connectivity index (χ1v) is 8.69. The number of unbranched alkanes of at least 4 members (excludes halogenated alkanes) is 3. The molecule has 0 saturated heterocycles. The van der Waals surface area contributed by atoms with E-state index in [-0.39, 0.29) is 11.7 Å². The van der Waals surface area contributed by atoms with Crippen molar-refractivity contribution < 1.29 is 14.6 Å². The van der Waals surface area contributed by atoms with Crippen molar-refractivity contribution in [2.45, 2.75) is 59.4 Å². The Morgan fingerprint density at radius 1 is 1.33 bits per heavy atom. The number of phenolic OH excluding ortho intramolecular Hbond substituents is 1. The fourth-order valence-electron chi connectivity index (χ4n) is 1.83. The van der Waals surface area contributed by atoms with Gasteiger partial charge in [-0.2, -0.15) is 0 Å². The fourth-order valence-corrected chi connectivity index (χ4v) is 1.83. The van der Waals surface area contributed by atoms with E-state index < -0.39 is 0 Å². The van der Waals surface area contributed by atoms with Crippen molar-refractivity contribution in [1.29, 1.82) is 0 Å². The number of amides is 1. The Labute approximate surface area is 146 Å². The van der Waals surface area contributed by atoms with Crippen LogP contribution in [0.15, 0.2) is 30.9 Å². The Kier molecular flexibility index (Phi) is 12.4. The fraction of sp³-hybridized carbons (Fsp3) is 0.550. The van der Waals surface area contributed by atoms with Crippen molar-refractivity contribution in [3.05, 3.63) is 36.4 Å². The molecule has 0 radical (unpaired) electrons. The summed E-state index contributed by atoms with van der Waals surface area (Å²) in [6, 6.07) is 5.07. The van der Waals surface area contributed by atoms with E-state index in [1.807, 2.05) is 6.08 Å². The highest BCUT2D eigenvalue weighted by molar-refractivity contribution is 5.75. The molecule has 0 saturated carbocycles. The van der Waals surface area contributed by atoms with Gasteiger partial charge in [0.1, 0.15) is 0 Å². The highest BCUT2D eigenvalue weighted by Crippen LogP contribution is 2.26. The van der Waals surface area contributed by atoms with E-state index in [4.69, 9.17) is 4.74 Å². The minimum absolute atomic E-state index is 0.0724. The number of aromatic hydroxyl groups is 1. The third-order valence-electron chi connectivity index (χ3n) is 3.46. The van der Waals surface area contributed by atoms with Crippen LogP contribution in [0.4, 0.5) is 0 Å². The lowest BCUT2D eigenvalue weighted by Crippen LogP contribution is -2.22. The van der Waals surface area contributed by atoms with Gasteiger partial charge in [-0.1, -0.05) is 52.2 Å². The normalized spacial score (nSPS) is 9.88. The van der Waals surface area contributed by atoms with E-state index in [0.29, 0.717) is 24.6 Å². The summed E-state index contributed by atoms with van der Waals surface area (Å²) >= 11 is 0. The van der Waals surface area contributed by atoms with Crippen molar-refractivity contribution >= 4 is 5.91 Å². The number of rotatable bonds is 9. The van der Waals surface area contributed by atoms with E-state index in [2.05, 4.69) is 32.7 Å². The molecule has 0 spiro atoms. The summed E-state index contributed by atoms with van der Waals surface area (Å²) in [6.45, 7) is 10.4. The number of carbonyl (C=O) groups is 1. The standard InChI is InChI=1S/C15H23NO3.C5H10/c1-3-4-5-6-7-15(18)16-11-12-8-9-13(17)14(10-12)19-2;1-4-5(2)3/h8-10,17H,3-7,11H2,1-2H3,(H,16,18);4-5H,1H2,2-3H3. The molecule has 0 aliphatic carbocycles. The van der Waals surface area contributed by atoms with Gasteiger partial charge < -0.3 is 15.2 Å². The van der Waals surface area contributed by atoms with Crippen LogP contribution in [0.25, 0.3) is 0 Å². The average molecular weight is 335 g/mol. The van der Waals surface area contributed by atoms with E-state index in [1.165, 1.54) is 20.0 Å². The molecular formula is C20H33NO3. The number of nitrogens with one attached hydrogen (secondary N) is 1. The number of hydrogen-bond donors (Lipinski definition) is 2. The van der Waals surface area contributed by atoms with Crippen molar-refractivity contribution in [3.8, 4) is 11.5 Å². The second kappa shape index (κ2) is 13.5. The van der Waals surface area contributed by atoms with Crippen molar-refractivity contribution in [2.24, 2.45) is 5.92 Å². The molecule has 1 amide bonds. The third kappa shape index (κ3) is 10.7. The molecule has 0 aliphatic heterocycles. The molecule has 1 rings (SSSR count). The maximum atomic E-state index is 11.6. The van der Waals surface area contributed by atoms with Crippen LogP contribution in [0.3, 0.4) is 0 Å². The summed E-state index contributed by atoms with van der Waals surface area (Å²) in [7, 11) is 1.51. The van der Waals surface area contributed by atoms with Gasteiger partial charge in [0.2, 0.25) is 5.91 Å². The number of phenols is 1. The topological polar surface area (TPSA) is 58.6 Å². The van der Waals surface area contributed by atoms with Gasteiger partial charge >= 0.3 is 0 Å². The molecule has 1 aromatic carbocycles. The Morgan fingerprint density at radius 3 is 2.54 bits per heavy atom. The first-order valence-electron chi connectivity index (χ1n) is 8.69. The molecule has 136 valence electrons. The van der Waals surface area contributed by atoms with Crippen LogP contribution < -0.4 is 10.1 Å². The van der Waals surface area contributed by atoms with Crippen LogP contribution in [-0.4, -0.2) is 18.1 Å². The molecule has 0 aliphatic rings. The summed E-state index contributed by atoms with van der Waals surface area (Å²) < 4.78 is 5.02. The Morgan fingerprint density at radius 2 is 2.00 bits per heavy atom. The van der Waals surface area contributed by atoms with E-state index in [1.54, 1.807) is 18.2 Å². The summed E-state index contributed by atoms with van der Waals surface area (Å²) in [6.07, 6.45) is 6.90.